The van der Waals surface area contributed by atoms with Crippen LogP contribution in [0.5, 0.6) is 0 Å². The summed E-state index contributed by atoms with van der Waals surface area (Å²) in [6.07, 6.45) is 5.39. The second-order valence-corrected chi connectivity index (χ2v) is 3.81. The SMILES string of the molecule is [Li][CH](CCCCC)c1ccccc1. The van der Waals surface area contributed by atoms with Crippen molar-refractivity contribution in [1.82, 2.24) is 0 Å². The van der Waals surface area contributed by atoms with Crippen LogP contribution in [0.25, 0.3) is 0 Å². The minimum atomic E-state index is 0.729. The predicted octanol–water partition coefficient (Wildman–Crippen LogP) is 3.48. The molecular formula is C12H17Li. The van der Waals surface area contributed by atoms with E-state index in [1.807, 2.05) is 0 Å². The van der Waals surface area contributed by atoms with Crippen LogP contribution < -0.4 is 0 Å². The van der Waals surface area contributed by atoms with E-state index < -0.39 is 0 Å². The van der Waals surface area contributed by atoms with Gasteiger partial charge in [0.15, 0.2) is 0 Å². The molecule has 1 atom stereocenters. The Morgan fingerprint density at radius 3 is 2.46 bits per heavy atom. The third kappa shape index (κ3) is 4.03. The van der Waals surface area contributed by atoms with Gasteiger partial charge in [0, 0.05) is 0 Å². The second kappa shape index (κ2) is 6.30. The average Bonchev–Trinajstić information content (AvgIpc) is 2.19. The molecule has 0 fully saturated rings. The summed E-state index contributed by atoms with van der Waals surface area (Å²) in [6.45, 7) is 2.26. The van der Waals surface area contributed by atoms with Gasteiger partial charge < -0.3 is 0 Å². The first-order valence-electron chi connectivity index (χ1n) is 5.39. The standard InChI is InChI=1S/C12H17.Li/c1-2-3-4-6-9-12-10-7-5-8-11-12;/h5,7-11H,2-4,6H2,1H3;. The topological polar surface area (TPSA) is 0 Å². The molecule has 0 aliphatic rings. The van der Waals surface area contributed by atoms with Crippen LogP contribution in [0.2, 0.25) is 0 Å². The van der Waals surface area contributed by atoms with Crippen LogP contribution in [0.4, 0.5) is 0 Å². The van der Waals surface area contributed by atoms with Crippen molar-refractivity contribution in [2.24, 2.45) is 0 Å². The summed E-state index contributed by atoms with van der Waals surface area (Å²) in [5, 5.41) is 0. The van der Waals surface area contributed by atoms with Gasteiger partial charge in [0.05, 0.1) is 0 Å². The molecule has 0 nitrogen and oxygen atoms in total. The minimum absolute atomic E-state index is 0.729. The van der Waals surface area contributed by atoms with E-state index in [0.717, 1.165) is 4.59 Å². The molecule has 0 aliphatic carbocycles. The molecule has 1 heteroatoms. The Morgan fingerprint density at radius 2 is 1.85 bits per heavy atom. The zero-order chi connectivity index (χ0) is 9.52. The number of hydrogen-bond donors (Lipinski definition) is 0. The van der Waals surface area contributed by atoms with Gasteiger partial charge in [-0.05, 0) is 0 Å². The van der Waals surface area contributed by atoms with Crippen LogP contribution in [0.3, 0.4) is 0 Å². The van der Waals surface area contributed by atoms with Gasteiger partial charge in [-0.3, -0.25) is 0 Å². The summed E-state index contributed by atoms with van der Waals surface area (Å²) in [6, 6.07) is 10.8. The Hall–Kier alpha value is -0.183. The van der Waals surface area contributed by atoms with Gasteiger partial charge in [-0.2, -0.15) is 0 Å². The first-order chi connectivity index (χ1) is 6.34. The van der Waals surface area contributed by atoms with Gasteiger partial charge in [0.1, 0.15) is 0 Å². The summed E-state index contributed by atoms with van der Waals surface area (Å²) in [5.41, 5.74) is 1.48. The zero-order valence-electron chi connectivity index (χ0n) is 8.79. The maximum atomic E-state index is 2.32. The molecule has 0 bridgehead atoms. The van der Waals surface area contributed by atoms with Gasteiger partial charge >= 0.3 is 90.8 Å². The summed E-state index contributed by atoms with van der Waals surface area (Å²) in [4.78, 5) is 0. The third-order valence-electron chi connectivity index (χ3n) is 2.61. The molecule has 0 saturated carbocycles. The van der Waals surface area contributed by atoms with E-state index in [-0.39, 0.29) is 0 Å². The molecule has 0 N–H and O–H groups in total. The van der Waals surface area contributed by atoms with E-state index in [0.29, 0.717) is 0 Å². The van der Waals surface area contributed by atoms with Gasteiger partial charge in [0.2, 0.25) is 0 Å². The quantitative estimate of drug-likeness (QED) is 0.466. The fourth-order valence-corrected chi connectivity index (χ4v) is 1.65. The third-order valence-corrected chi connectivity index (χ3v) is 2.61. The molecule has 66 valence electrons. The van der Waals surface area contributed by atoms with Crippen LogP contribution in [0.15, 0.2) is 30.3 Å². The summed E-state index contributed by atoms with van der Waals surface area (Å²) in [5.74, 6) is 0. The van der Waals surface area contributed by atoms with E-state index in [9.17, 15) is 0 Å². The normalized spacial score (nSPS) is 12.8. The molecule has 0 saturated heterocycles. The molecule has 13 heavy (non-hydrogen) atoms. The molecule has 0 aliphatic heterocycles. The maximum absolute atomic E-state index is 2.32. The Labute approximate surface area is 90.9 Å². The summed E-state index contributed by atoms with van der Waals surface area (Å²) >= 11 is 2.32. The van der Waals surface area contributed by atoms with Crippen molar-refractivity contribution in [2.45, 2.75) is 37.2 Å². The Morgan fingerprint density at radius 1 is 1.15 bits per heavy atom. The van der Waals surface area contributed by atoms with E-state index in [1.165, 1.54) is 31.2 Å². The van der Waals surface area contributed by atoms with Crippen LogP contribution in [0.1, 0.15) is 42.8 Å². The second-order valence-electron chi connectivity index (χ2n) is 3.81. The monoisotopic (exact) mass is 168 g/mol. The molecule has 0 aromatic heterocycles. The molecule has 0 radical (unpaired) electrons. The first-order valence-corrected chi connectivity index (χ1v) is 5.39. The fourth-order valence-electron chi connectivity index (χ4n) is 1.65. The van der Waals surface area contributed by atoms with E-state index in [4.69, 9.17) is 0 Å². The molecule has 1 aromatic rings. The van der Waals surface area contributed by atoms with Crippen molar-refractivity contribution in [3.05, 3.63) is 35.9 Å². The van der Waals surface area contributed by atoms with Crippen molar-refractivity contribution in [2.75, 3.05) is 0 Å². The van der Waals surface area contributed by atoms with Crippen molar-refractivity contribution >= 4 is 17.7 Å². The molecular weight excluding hydrogens is 151 g/mol. The van der Waals surface area contributed by atoms with Crippen molar-refractivity contribution < 1.29 is 0 Å². The summed E-state index contributed by atoms with van der Waals surface area (Å²) < 4.78 is 0.729. The molecule has 0 spiro atoms. The Kier molecular flexibility index (Phi) is 5.28. The van der Waals surface area contributed by atoms with Gasteiger partial charge in [0.25, 0.3) is 0 Å². The van der Waals surface area contributed by atoms with Gasteiger partial charge in [-0.1, -0.05) is 0 Å². The number of rotatable bonds is 5. The first kappa shape index (κ1) is 10.9. The predicted molar refractivity (Wildman–Crippen MR) is 59.1 cm³/mol. The van der Waals surface area contributed by atoms with Gasteiger partial charge in [-0.15, -0.1) is 0 Å². The van der Waals surface area contributed by atoms with Crippen LogP contribution >= 0.6 is 0 Å². The molecule has 1 aromatic carbocycles. The van der Waals surface area contributed by atoms with Crippen molar-refractivity contribution in [1.29, 1.82) is 0 Å². The Bertz CT molecular complexity index is 218. The van der Waals surface area contributed by atoms with E-state index >= 15 is 0 Å². The number of unbranched alkanes of at least 4 members (excludes halogenated alkanes) is 2. The molecule has 0 heterocycles. The van der Waals surface area contributed by atoms with Crippen LogP contribution in [-0.2, 0) is 0 Å². The number of hydrogen-bond acceptors (Lipinski definition) is 0. The summed E-state index contributed by atoms with van der Waals surface area (Å²) in [7, 11) is 0. The van der Waals surface area contributed by atoms with Crippen molar-refractivity contribution in [3.8, 4) is 0 Å². The zero-order valence-corrected chi connectivity index (χ0v) is 8.79. The average molecular weight is 168 g/mol. The van der Waals surface area contributed by atoms with Crippen LogP contribution in [0, 0.1) is 0 Å². The van der Waals surface area contributed by atoms with E-state index in [1.54, 1.807) is 0 Å². The van der Waals surface area contributed by atoms with Gasteiger partial charge in [-0.25, -0.2) is 0 Å². The molecule has 1 rings (SSSR count). The Balaban J connectivity index is 2.35. The fraction of sp³-hybridized carbons (Fsp3) is 0.500. The van der Waals surface area contributed by atoms with E-state index in [2.05, 4.69) is 55.0 Å². The molecule has 1 unspecified atom stereocenters. The number of benzene rings is 1. The van der Waals surface area contributed by atoms with Crippen LogP contribution in [-0.4, -0.2) is 17.7 Å². The molecule has 0 amide bonds. The van der Waals surface area contributed by atoms with Crippen molar-refractivity contribution in [3.63, 3.8) is 0 Å².